The van der Waals surface area contributed by atoms with Crippen molar-refractivity contribution >= 4 is 49.2 Å². The Morgan fingerprint density at radius 3 is 2.58 bits per heavy atom. The van der Waals surface area contributed by atoms with Crippen molar-refractivity contribution in [2.45, 2.75) is 13.5 Å². The van der Waals surface area contributed by atoms with E-state index in [1.54, 1.807) is 29.9 Å². The number of methoxy groups -OCH3 is 1. The molecule has 0 saturated heterocycles. The smallest absolute Gasteiger partial charge is 0.302 e. The SMILES string of the molecule is CCn1c(O)c(N=NC(=O)COc2ccc3cc(Br)ccc3c2)c2cc(OC)ccc21. The molecule has 0 radical (unpaired) electrons. The molecule has 1 amide bonds. The quantitative estimate of drug-likeness (QED) is 0.343. The Morgan fingerprint density at radius 1 is 1.06 bits per heavy atom. The molecule has 0 fully saturated rings. The Morgan fingerprint density at radius 2 is 1.81 bits per heavy atom. The molecule has 0 aliphatic heterocycles. The third-order valence-electron chi connectivity index (χ3n) is 4.93. The summed E-state index contributed by atoms with van der Waals surface area (Å²) in [6.45, 7) is 2.19. The molecular weight excluding hydrogens is 462 g/mol. The van der Waals surface area contributed by atoms with Gasteiger partial charge < -0.3 is 19.1 Å². The van der Waals surface area contributed by atoms with Crippen LogP contribution in [0.2, 0.25) is 0 Å². The van der Waals surface area contributed by atoms with Crippen LogP contribution in [0.4, 0.5) is 5.69 Å². The summed E-state index contributed by atoms with van der Waals surface area (Å²) in [5.41, 5.74) is 1.00. The minimum Gasteiger partial charge on any atom is -0.497 e. The topological polar surface area (TPSA) is 85.4 Å². The summed E-state index contributed by atoms with van der Waals surface area (Å²) < 4.78 is 13.5. The molecule has 0 saturated carbocycles. The van der Waals surface area contributed by atoms with Gasteiger partial charge in [-0.1, -0.05) is 28.1 Å². The molecule has 4 aromatic rings. The number of fused-ring (bicyclic) bond motifs is 2. The summed E-state index contributed by atoms with van der Waals surface area (Å²) in [4.78, 5) is 12.2. The Kier molecular flexibility index (Phi) is 5.90. The Hall–Kier alpha value is -3.39. The van der Waals surface area contributed by atoms with Crippen LogP contribution in [0.1, 0.15) is 6.92 Å². The van der Waals surface area contributed by atoms with Gasteiger partial charge >= 0.3 is 5.91 Å². The lowest BCUT2D eigenvalue weighted by Crippen LogP contribution is -2.07. The third-order valence-corrected chi connectivity index (χ3v) is 5.42. The molecular formula is C23H20BrN3O4. The van der Waals surface area contributed by atoms with Gasteiger partial charge in [0.2, 0.25) is 5.88 Å². The molecule has 8 heteroatoms. The first-order valence-corrected chi connectivity index (χ1v) is 10.5. The third kappa shape index (κ3) is 4.25. The highest BCUT2D eigenvalue weighted by Gasteiger charge is 2.17. The molecule has 3 aromatic carbocycles. The molecule has 0 bridgehead atoms. The number of azo groups is 1. The fraction of sp³-hybridized carbons (Fsp3) is 0.174. The minimum atomic E-state index is -0.560. The number of halogens is 1. The number of benzene rings is 3. The van der Waals surface area contributed by atoms with Crippen molar-refractivity contribution in [3.8, 4) is 17.4 Å². The molecule has 31 heavy (non-hydrogen) atoms. The summed E-state index contributed by atoms with van der Waals surface area (Å²) in [6.07, 6.45) is 0. The zero-order chi connectivity index (χ0) is 22.0. The summed E-state index contributed by atoms with van der Waals surface area (Å²) in [6, 6.07) is 16.9. The first-order chi connectivity index (χ1) is 15.0. The zero-order valence-corrected chi connectivity index (χ0v) is 18.6. The van der Waals surface area contributed by atoms with Crippen LogP contribution in [0, 0.1) is 0 Å². The maximum atomic E-state index is 12.2. The van der Waals surface area contributed by atoms with E-state index in [2.05, 4.69) is 26.2 Å². The number of nitrogens with zero attached hydrogens (tertiary/aromatic N) is 3. The lowest BCUT2D eigenvalue weighted by atomic mass is 10.1. The van der Waals surface area contributed by atoms with E-state index in [4.69, 9.17) is 9.47 Å². The first-order valence-electron chi connectivity index (χ1n) is 9.66. The second-order valence-electron chi connectivity index (χ2n) is 6.84. The normalized spacial score (nSPS) is 11.5. The maximum Gasteiger partial charge on any atom is 0.302 e. The van der Waals surface area contributed by atoms with Crippen molar-refractivity contribution in [2.75, 3.05) is 13.7 Å². The molecule has 0 unspecified atom stereocenters. The van der Waals surface area contributed by atoms with E-state index >= 15 is 0 Å². The van der Waals surface area contributed by atoms with Crippen LogP contribution in [0.5, 0.6) is 17.4 Å². The number of aromatic hydroxyl groups is 1. The zero-order valence-electron chi connectivity index (χ0n) is 17.0. The summed E-state index contributed by atoms with van der Waals surface area (Å²) in [5, 5.41) is 21.0. The maximum absolute atomic E-state index is 12.2. The molecule has 158 valence electrons. The van der Waals surface area contributed by atoms with E-state index < -0.39 is 5.91 Å². The number of ether oxygens (including phenoxy) is 2. The number of carbonyl (C=O) groups is 1. The predicted octanol–water partition coefficient (Wildman–Crippen LogP) is 5.98. The van der Waals surface area contributed by atoms with Crippen molar-refractivity contribution in [3.63, 3.8) is 0 Å². The van der Waals surface area contributed by atoms with Crippen LogP contribution in [-0.2, 0) is 11.3 Å². The van der Waals surface area contributed by atoms with Crippen molar-refractivity contribution in [3.05, 3.63) is 59.1 Å². The van der Waals surface area contributed by atoms with Gasteiger partial charge in [0.1, 0.15) is 11.5 Å². The Balaban J connectivity index is 1.52. The summed E-state index contributed by atoms with van der Waals surface area (Å²) in [5.74, 6) is 0.572. The van der Waals surface area contributed by atoms with Crippen LogP contribution in [0.25, 0.3) is 21.7 Å². The highest BCUT2D eigenvalue weighted by molar-refractivity contribution is 9.10. The lowest BCUT2D eigenvalue weighted by molar-refractivity contribution is -0.120. The molecule has 4 rings (SSSR count). The average molecular weight is 482 g/mol. The van der Waals surface area contributed by atoms with Gasteiger partial charge in [0.05, 0.1) is 12.6 Å². The summed E-state index contributed by atoms with van der Waals surface area (Å²) in [7, 11) is 1.56. The van der Waals surface area contributed by atoms with Crippen molar-refractivity contribution in [1.82, 2.24) is 4.57 Å². The predicted molar refractivity (Wildman–Crippen MR) is 122 cm³/mol. The molecule has 7 nitrogen and oxygen atoms in total. The molecule has 1 heterocycles. The molecule has 0 aliphatic carbocycles. The van der Waals surface area contributed by atoms with Gasteiger partial charge in [0.25, 0.3) is 0 Å². The van der Waals surface area contributed by atoms with Gasteiger partial charge in [-0.3, -0.25) is 4.79 Å². The first kappa shape index (κ1) is 20.9. The minimum absolute atomic E-state index is 0.0519. The van der Waals surface area contributed by atoms with Gasteiger partial charge in [-0.25, -0.2) is 0 Å². The van der Waals surface area contributed by atoms with Crippen molar-refractivity contribution in [2.24, 2.45) is 10.2 Å². The largest absolute Gasteiger partial charge is 0.497 e. The van der Waals surface area contributed by atoms with Crippen molar-refractivity contribution in [1.29, 1.82) is 0 Å². The molecule has 0 atom stereocenters. The van der Waals surface area contributed by atoms with Crippen LogP contribution in [-0.4, -0.2) is 29.3 Å². The van der Waals surface area contributed by atoms with E-state index in [9.17, 15) is 9.90 Å². The van der Waals surface area contributed by atoms with Crippen LogP contribution in [0.15, 0.2) is 69.3 Å². The van der Waals surface area contributed by atoms with Gasteiger partial charge in [0.15, 0.2) is 12.3 Å². The Bertz CT molecular complexity index is 1310. The van der Waals surface area contributed by atoms with Gasteiger partial charge in [-0.2, -0.15) is 0 Å². The number of aryl methyl sites for hydroxylation is 1. The van der Waals surface area contributed by atoms with E-state index in [0.717, 1.165) is 20.8 Å². The van der Waals surface area contributed by atoms with E-state index in [-0.39, 0.29) is 18.2 Å². The fourth-order valence-corrected chi connectivity index (χ4v) is 3.79. The number of aromatic nitrogens is 1. The standard InChI is InChI=1S/C23H20BrN3O4/c1-3-27-20-9-8-17(30-2)12-19(20)22(23(27)29)26-25-21(28)13-31-18-7-5-14-10-16(24)6-4-15(14)11-18/h4-12,29H,3,13H2,1-2H3. The summed E-state index contributed by atoms with van der Waals surface area (Å²) >= 11 is 3.45. The average Bonchev–Trinajstić information content (AvgIpc) is 3.05. The van der Waals surface area contributed by atoms with Crippen molar-refractivity contribution < 1.29 is 19.4 Å². The monoisotopic (exact) mass is 481 g/mol. The Labute approximate surface area is 187 Å². The fourth-order valence-electron chi connectivity index (χ4n) is 3.41. The van der Waals surface area contributed by atoms with E-state index in [1.807, 2.05) is 43.3 Å². The number of hydrogen-bond donors (Lipinski definition) is 1. The number of amides is 1. The van der Waals surface area contributed by atoms with E-state index in [0.29, 0.717) is 23.4 Å². The second kappa shape index (κ2) is 8.77. The van der Waals surface area contributed by atoms with Gasteiger partial charge in [0, 0.05) is 16.4 Å². The van der Waals surface area contributed by atoms with Gasteiger partial charge in [-0.15, -0.1) is 10.2 Å². The molecule has 0 spiro atoms. The highest BCUT2D eigenvalue weighted by atomic mass is 79.9. The second-order valence-corrected chi connectivity index (χ2v) is 7.75. The van der Waals surface area contributed by atoms with Gasteiger partial charge in [-0.05, 0) is 60.2 Å². The lowest BCUT2D eigenvalue weighted by Gasteiger charge is -2.05. The number of hydrogen-bond acceptors (Lipinski definition) is 5. The highest BCUT2D eigenvalue weighted by Crippen LogP contribution is 2.40. The van der Waals surface area contributed by atoms with Crippen LogP contribution in [0.3, 0.4) is 0 Å². The number of carbonyl (C=O) groups excluding carboxylic acids is 1. The van der Waals surface area contributed by atoms with E-state index in [1.165, 1.54) is 0 Å². The van der Waals surface area contributed by atoms with Crippen LogP contribution < -0.4 is 9.47 Å². The molecule has 0 aliphatic rings. The molecule has 1 aromatic heterocycles. The number of rotatable bonds is 6. The molecule has 1 N–H and O–H groups in total. The van der Waals surface area contributed by atoms with Crippen LogP contribution >= 0.6 is 15.9 Å².